The van der Waals surface area contributed by atoms with Crippen molar-refractivity contribution < 1.29 is 13.9 Å². The van der Waals surface area contributed by atoms with E-state index in [1.165, 1.54) is 13.2 Å². The van der Waals surface area contributed by atoms with Crippen molar-refractivity contribution in [2.24, 2.45) is 0 Å². The van der Waals surface area contributed by atoms with E-state index in [2.05, 4.69) is 15.0 Å². The Morgan fingerprint density at radius 3 is 2.96 bits per heavy atom. The van der Waals surface area contributed by atoms with Crippen LogP contribution in [0.3, 0.4) is 0 Å². The van der Waals surface area contributed by atoms with Gasteiger partial charge in [0.1, 0.15) is 5.82 Å². The molecule has 1 fully saturated rings. The number of carbonyl (C=O) groups excluding carboxylic acids is 1. The molecule has 27 heavy (non-hydrogen) atoms. The van der Waals surface area contributed by atoms with Gasteiger partial charge in [0.05, 0.1) is 19.0 Å². The summed E-state index contributed by atoms with van der Waals surface area (Å²) in [6.45, 7) is 1.14. The second-order valence-electron chi connectivity index (χ2n) is 6.57. The normalized spacial score (nSPS) is 16.7. The topological polar surface area (TPSA) is 71.1 Å². The molecular formula is C20H19FN4O2. The van der Waals surface area contributed by atoms with Crippen LogP contribution < -0.4 is 4.74 Å². The molecule has 0 bridgehead atoms. The van der Waals surface area contributed by atoms with Crippen molar-refractivity contribution in [2.45, 2.75) is 18.9 Å². The number of hydrogen-bond acceptors (Lipinski definition) is 4. The highest BCUT2D eigenvalue weighted by molar-refractivity contribution is 5.79. The van der Waals surface area contributed by atoms with Gasteiger partial charge in [-0.3, -0.25) is 9.78 Å². The first-order valence-corrected chi connectivity index (χ1v) is 8.69. The van der Waals surface area contributed by atoms with Crippen molar-refractivity contribution in [1.29, 1.82) is 0 Å². The third-order valence-electron chi connectivity index (χ3n) is 4.76. The fourth-order valence-corrected chi connectivity index (χ4v) is 3.34. The lowest BCUT2D eigenvalue weighted by Crippen LogP contribution is -2.24. The molecule has 1 amide bonds. The molecule has 7 heteroatoms. The number of imidazole rings is 1. The molecule has 1 atom stereocenters. The average Bonchev–Trinajstić information content (AvgIpc) is 3.30. The summed E-state index contributed by atoms with van der Waals surface area (Å²) in [5.41, 5.74) is 2.40. The van der Waals surface area contributed by atoms with Crippen molar-refractivity contribution in [2.75, 3.05) is 13.7 Å². The molecule has 1 N–H and O–H groups in total. The van der Waals surface area contributed by atoms with Gasteiger partial charge in [-0.15, -0.1) is 0 Å². The number of rotatable bonds is 5. The summed E-state index contributed by atoms with van der Waals surface area (Å²) < 4.78 is 18.9. The van der Waals surface area contributed by atoms with E-state index in [1.54, 1.807) is 30.7 Å². The smallest absolute Gasteiger partial charge is 0.223 e. The maximum absolute atomic E-state index is 13.9. The molecule has 1 aromatic carbocycles. The quantitative estimate of drug-likeness (QED) is 0.753. The molecule has 1 aliphatic heterocycles. The van der Waals surface area contributed by atoms with Crippen LogP contribution in [0.1, 0.15) is 23.7 Å². The number of pyridine rings is 1. The van der Waals surface area contributed by atoms with Gasteiger partial charge in [-0.1, -0.05) is 6.07 Å². The molecule has 0 spiro atoms. The maximum Gasteiger partial charge on any atom is 0.223 e. The average molecular weight is 366 g/mol. The predicted octanol–water partition coefficient (Wildman–Crippen LogP) is 3.14. The molecule has 0 radical (unpaired) electrons. The Bertz CT molecular complexity index is 958. The Balaban J connectivity index is 1.49. The van der Waals surface area contributed by atoms with E-state index in [0.717, 1.165) is 11.4 Å². The summed E-state index contributed by atoms with van der Waals surface area (Å²) in [5, 5.41) is 0. The Morgan fingerprint density at radius 2 is 2.22 bits per heavy atom. The predicted molar refractivity (Wildman–Crippen MR) is 97.5 cm³/mol. The number of aromatic amines is 1. The van der Waals surface area contributed by atoms with Crippen LogP contribution in [0.5, 0.6) is 5.75 Å². The van der Waals surface area contributed by atoms with Crippen molar-refractivity contribution >= 4 is 5.91 Å². The van der Waals surface area contributed by atoms with Crippen LogP contribution in [0.4, 0.5) is 4.39 Å². The van der Waals surface area contributed by atoms with Gasteiger partial charge in [-0.2, -0.15) is 0 Å². The summed E-state index contributed by atoms with van der Waals surface area (Å²) in [6.07, 6.45) is 5.56. The second-order valence-corrected chi connectivity index (χ2v) is 6.57. The van der Waals surface area contributed by atoms with Crippen molar-refractivity contribution in [1.82, 2.24) is 19.9 Å². The fourth-order valence-electron chi connectivity index (χ4n) is 3.34. The number of carbonyl (C=O) groups is 1. The third kappa shape index (κ3) is 3.53. The Hall–Kier alpha value is -3.22. The van der Waals surface area contributed by atoms with E-state index in [0.29, 0.717) is 30.8 Å². The van der Waals surface area contributed by atoms with Gasteiger partial charge in [-0.25, -0.2) is 9.37 Å². The molecule has 0 saturated carbocycles. The molecule has 4 rings (SSSR count). The van der Waals surface area contributed by atoms with Crippen molar-refractivity contribution in [3.8, 4) is 17.0 Å². The zero-order valence-electron chi connectivity index (χ0n) is 14.9. The summed E-state index contributed by atoms with van der Waals surface area (Å²) in [7, 11) is 1.43. The van der Waals surface area contributed by atoms with Crippen LogP contribution in [0.2, 0.25) is 0 Å². The number of nitrogens with zero attached hydrogens (tertiary/aromatic N) is 3. The van der Waals surface area contributed by atoms with Crippen LogP contribution >= 0.6 is 0 Å². The fraction of sp³-hybridized carbons (Fsp3) is 0.250. The minimum atomic E-state index is -0.426. The second kappa shape index (κ2) is 7.19. The number of likely N-dealkylation sites (tertiary alicyclic amines) is 1. The third-order valence-corrected chi connectivity index (χ3v) is 4.76. The number of nitrogens with one attached hydrogen (secondary N) is 1. The molecule has 3 heterocycles. The molecule has 1 aliphatic rings. The number of ether oxygens (including phenoxy) is 1. The minimum Gasteiger partial charge on any atom is -0.494 e. The van der Waals surface area contributed by atoms with Crippen LogP contribution in [0.25, 0.3) is 11.3 Å². The number of halogens is 1. The molecule has 0 aliphatic carbocycles. The Labute approximate surface area is 156 Å². The lowest BCUT2D eigenvalue weighted by Gasteiger charge is -2.15. The van der Waals surface area contributed by atoms with E-state index in [1.807, 2.05) is 17.0 Å². The first-order chi connectivity index (χ1) is 13.1. The highest BCUT2D eigenvalue weighted by atomic mass is 19.1. The molecule has 1 unspecified atom stereocenters. The maximum atomic E-state index is 13.9. The first-order valence-electron chi connectivity index (χ1n) is 8.69. The zero-order chi connectivity index (χ0) is 18.8. The highest BCUT2D eigenvalue weighted by Crippen LogP contribution is 2.30. The first kappa shape index (κ1) is 17.2. The van der Waals surface area contributed by atoms with Gasteiger partial charge >= 0.3 is 0 Å². The van der Waals surface area contributed by atoms with Crippen LogP contribution in [0.15, 0.2) is 48.9 Å². The van der Waals surface area contributed by atoms with Gasteiger partial charge in [-0.05, 0) is 29.8 Å². The zero-order valence-corrected chi connectivity index (χ0v) is 14.9. The molecular weight excluding hydrogens is 347 g/mol. The molecule has 6 nitrogen and oxygen atoms in total. The summed E-state index contributed by atoms with van der Waals surface area (Å²) in [5.74, 6) is 0.599. The van der Waals surface area contributed by atoms with E-state index < -0.39 is 5.82 Å². The van der Waals surface area contributed by atoms with Gasteiger partial charge in [0, 0.05) is 43.4 Å². The Morgan fingerprint density at radius 1 is 1.33 bits per heavy atom. The number of amides is 1. The number of benzene rings is 1. The van der Waals surface area contributed by atoms with Gasteiger partial charge in [0.25, 0.3) is 0 Å². The number of hydrogen-bond donors (Lipinski definition) is 1. The monoisotopic (exact) mass is 366 g/mol. The molecule has 2 aromatic heterocycles. The van der Waals surface area contributed by atoms with Gasteiger partial charge in [0.15, 0.2) is 11.6 Å². The number of H-pyrrole nitrogens is 1. The van der Waals surface area contributed by atoms with Gasteiger partial charge < -0.3 is 14.6 Å². The van der Waals surface area contributed by atoms with Gasteiger partial charge in [0.2, 0.25) is 5.91 Å². The molecule has 138 valence electrons. The lowest BCUT2D eigenvalue weighted by atomic mass is 10.1. The lowest BCUT2D eigenvalue weighted by molar-refractivity contribution is -0.128. The van der Waals surface area contributed by atoms with Crippen LogP contribution in [0, 0.1) is 5.82 Å². The van der Waals surface area contributed by atoms with E-state index >= 15 is 0 Å². The van der Waals surface area contributed by atoms with Crippen LogP contribution in [-0.4, -0.2) is 39.4 Å². The van der Waals surface area contributed by atoms with E-state index in [4.69, 9.17) is 4.74 Å². The standard InChI is InChI=1S/C20H19FN4O2/c1-27-18-5-4-14(7-16(18)21)17-10-23-20(24-17)15-8-19(26)25(12-15)11-13-3-2-6-22-9-13/h2-7,9-10,15H,8,11-12H2,1H3,(H,23,24). The van der Waals surface area contributed by atoms with E-state index in [-0.39, 0.29) is 17.6 Å². The Kier molecular flexibility index (Phi) is 4.58. The largest absolute Gasteiger partial charge is 0.494 e. The summed E-state index contributed by atoms with van der Waals surface area (Å²) in [6, 6.07) is 8.58. The number of methoxy groups -OCH3 is 1. The van der Waals surface area contributed by atoms with Crippen LogP contribution in [-0.2, 0) is 11.3 Å². The van der Waals surface area contributed by atoms with Crippen molar-refractivity contribution in [3.63, 3.8) is 0 Å². The highest BCUT2D eigenvalue weighted by Gasteiger charge is 2.32. The minimum absolute atomic E-state index is 0.00832. The summed E-state index contributed by atoms with van der Waals surface area (Å²) in [4.78, 5) is 25.9. The van der Waals surface area contributed by atoms with Crippen molar-refractivity contribution in [3.05, 3.63) is 66.1 Å². The summed E-state index contributed by atoms with van der Waals surface area (Å²) >= 11 is 0. The van der Waals surface area contributed by atoms with E-state index in [9.17, 15) is 9.18 Å². The molecule has 1 saturated heterocycles. The number of aromatic nitrogens is 3. The molecule has 3 aromatic rings. The SMILES string of the molecule is COc1ccc(-c2cnc(C3CC(=O)N(Cc4cccnc4)C3)[nH]2)cc1F.